The molecule has 6 nitrogen and oxygen atoms in total. The number of hydrogen-bond acceptors (Lipinski definition) is 5. The number of nitrogens with zero attached hydrogens (tertiary/aromatic N) is 2. The molecular weight excluding hydrogens is 258 g/mol. The third-order valence-corrected chi connectivity index (χ3v) is 4.01. The zero-order valence-electron chi connectivity index (χ0n) is 12.2. The normalized spacial score (nSPS) is 20.1. The molecule has 1 aliphatic heterocycles. The van der Waals surface area contributed by atoms with Crippen molar-refractivity contribution in [3.8, 4) is 0 Å². The SMILES string of the molecule is CCN1CCCCC1CNC(=O)c1noc(C)c1CO. The van der Waals surface area contributed by atoms with Crippen molar-refractivity contribution in [2.75, 3.05) is 19.6 Å². The summed E-state index contributed by atoms with van der Waals surface area (Å²) in [7, 11) is 0. The Kier molecular flexibility index (Phi) is 5.14. The molecule has 20 heavy (non-hydrogen) atoms. The number of aliphatic hydroxyl groups is 1. The lowest BCUT2D eigenvalue weighted by molar-refractivity contribution is 0.0906. The quantitative estimate of drug-likeness (QED) is 0.844. The number of hydrogen-bond donors (Lipinski definition) is 2. The van der Waals surface area contributed by atoms with Crippen molar-refractivity contribution < 1.29 is 14.4 Å². The van der Waals surface area contributed by atoms with Gasteiger partial charge >= 0.3 is 0 Å². The summed E-state index contributed by atoms with van der Waals surface area (Å²) >= 11 is 0. The maximum Gasteiger partial charge on any atom is 0.273 e. The van der Waals surface area contributed by atoms with E-state index in [-0.39, 0.29) is 18.2 Å². The van der Waals surface area contributed by atoms with Crippen molar-refractivity contribution in [3.05, 3.63) is 17.0 Å². The molecule has 6 heteroatoms. The molecule has 0 saturated carbocycles. The van der Waals surface area contributed by atoms with Gasteiger partial charge < -0.3 is 14.9 Å². The van der Waals surface area contributed by atoms with Crippen LogP contribution in [0.5, 0.6) is 0 Å². The van der Waals surface area contributed by atoms with Crippen molar-refractivity contribution in [1.82, 2.24) is 15.4 Å². The van der Waals surface area contributed by atoms with Crippen molar-refractivity contribution in [2.24, 2.45) is 0 Å². The minimum absolute atomic E-state index is 0.198. The van der Waals surface area contributed by atoms with Gasteiger partial charge in [-0.1, -0.05) is 18.5 Å². The molecular formula is C14H23N3O3. The van der Waals surface area contributed by atoms with Gasteiger partial charge in [0.25, 0.3) is 5.91 Å². The second-order valence-electron chi connectivity index (χ2n) is 5.21. The van der Waals surface area contributed by atoms with Crippen LogP contribution in [-0.4, -0.2) is 46.7 Å². The van der Waals surface area contributed by atoms with Gasteiger partial charge in [0.05, 0.1) is 12.2 Å². The number of likely N-dealkylation sites (tertiary alicyclic amines) is 1. The number of piperidine rings is 1. The van der Waals surface area contributed by atoms with Crippen molar-refractivity contribution in [1.29, 1.82) is 0 Å². The highest BCUT2D eigenvalue weighted by Crippen LogP contribution is 2.16. The van der Waals surface area contributed by atoms with Crippen LogP contribution >= 0.6 is 0 Å². The van der Waals surface area contributed by atoms with Crippen LogP contribution in [0.2, 0.25) is 0 Å². The first-order valence-corrected chi connectivity index (χ1v) is 7.25. The standard InChI is InChI=1S/C14H23N3O3/c1-3-17-7-5-4-6-11(17)8-15-14(19)13-12(9-18)10(2)20-16-13/h11,18H,3-9H2,1-2H3,(H,15,19). The van der Waals surface area contributed by atoms with E-state index >= 15 is 0 Å². The fraction of sp³-hybridized carbons (Fsp3) is 0.714. The second-order valence-corrected chi connectivity index (χ2v) is 5.21. The summed E-state index contributed by atoms with van der Waals surface area (Å²) in [5.41, 5.74) is 0.669. The number of carbonyl (C=O) groups excluding carboxylic acids is 1. The Labute approximate surface area is 119 Å². The Balaban J connectivity index is 1.94. The molecule has 0 radical (unpaired) electrons. The lowest BCUT2D eigenvalue weighted by Crippen LogP contribution is -2.46. The first-order chi connectivity index (χ1) is 9.67. The smallest absolute Gasteiger partial charge is 0.273 e. The Hall–Kier alpha value is -1.40. The predicted molar refractivity (Wildman–Crippen MR) is 74.4 cm³/mol. The minimum atomic E-state index is -0.271. The molecule has 1 saturated heterocycles. The maximum absolute atomic E-state index is 12.1. The largest absolute Gasteiger partial charge is 0.391 e. The molecule has 1 atom stereocenters. The molecule has 1 aromatic rings. The summed E-state index contributed by atoms with van der Waals surface area (Å²) in [6.07, 6.45) is 3.55. The van der Waals surface area contributed by atoms with E-state index in [4.69, 9.17) is 4.52 Å². The molecule has 2 heterocycles. The molecule has 1 fully saturated rings. The van der Waals surface area contributed by atoms with E-state index in [0.29, 0.717) is 23.9 Å². The van der Waals surface area contributed by atoms with Crippen LogP contribution in [0.4, 0.5) is 0 Å². The number of nitrogens with one attached hydrogen (secondary N) is 1. The molecule has 0 aliphatic carbocycles. The number of rotatable bonds is 5. The van der Waals surface area contributed by atoms with Crippen LogP contribution in [0, 0.1) is 6.92 Å². The van der Waals surface area contributed by atoms with E-state index in [0.717, 1.165) is 19.5 Å². The van der Waals surface area contributed by atoms with Gasteiger partial charge in [0.1, 0.15) is 5.76 Å². The van der Waals surface area contributed by atoms with E-state index in [9.17, 15) is 9.90 Å². The van der Waals surface area contributed by atoms with E-state index in [1.165, 1.54) is 12.8 Å². The van der Waals surface area contributed by atoms with Crippen LogP contribution < -0.4 is 5.32 Å². The number of aryl methyl sites for hydroxylation is 1. The topological polar surface area (TPSA) is 78.6 Å². The van der Waals surface area contributed by atoms with Gasteiger partial charge in [0.2, 0.25) is 0 Å². The second kappa shape index (κ2) is 6.85. The van der Waals surface area contributed by atoms with Crippen LogP contribution in [0.3, 0.4) is 0 Å². The first-order valence-electron chi connectivity index (χ1n) is 7.25. The molecule has 0 aromatic carbocycles. The first kappa shape index (κ1) is 15.0. The van der Waals surface area contributed by atoms with Gasteiger partial charge in [0, 0.05) is 12.6 Å². The van der Waals surface area contributed by atoms with Crippen LogP contribution in [-0.2, 0) is 6.61 Å². The van der Waals surface area contributed by atoms with Crippen molar-refractivity contribution in [3.63, 3.8) is 0 Å². The maximum atomic E-state index is 12.1. The number of aromatic nitrogens is 1. The summed E-state index contributed by atoms with van der Waals surface area (Å²) < 4.78 is 4.96. The highest BCUT2D eigenvalue weighted by atomic mass is 16.5. The molecule has 1 unspecified atom stereocenters. The van der Waals surface area contributed by atoms with E-state index in [1.807, 2.05) is 0 Å². The summed E-state index contributed by atoms with van der Waals surface area (Å²) in [5.74, 6) is 0.220. The monoisotopic (exact) mass is 281 g/mol. The molecule has 112 valence electrons. The lowest BCUT2D eigenvalue weighted by Gasteiger charge is -2.34. The van der Waals surface area contributed by atoms with Gasteiger partial charge in [0.15, 0.2) is 5.69 Å². The summed E-state index contributed by atoms with van der Waals surface area (Å²) in [6, 6.07) is 0.392. The molecule has 0 spiro atoms. The molecule has 2 rings (SSSR count). The number of amides is 1. The van der Waals surface area contributed by atoms with Gasteiger partial charge in [-0.2, -0.15) is 0 Å². The molecule has 2 N–H and O–H groups in total. The molecule has 1 aliphatic rings. The highest BCUT2D eigenvalue weighted by molar-refractivity contribution is 5.93. The van der Waals surface area contributed by atoms with Crippen LogP contribution in [0.1, 0.15) is 48.0 Å². The summed E-state index contributed by atoms with van der Waals surface area (Å²) in [5, 5.41) is 15.9. The average molecular weight is 281 g/mol. The van der Waals surface area contributed by atoms with E-state index in [2.05, 4.69) is 22.3 Å². The number of likely N-dealkylation sites (N-methyl/N-ethyl adjacent to an activating group) is 1. The molecule has 1 amide bonds. The minimum Gasteiger partial charge on any atom is -0.391 e. The average Bonchev–Trinajstić information content (AvgIpc) is 2.86. The van der Waals surface area contributed by atoms with Gasteiger partial charge in [-0.25, -0.2) is 0 Å². The molecule has 0 bridgehead atoms. The zero-order chi connectivity index (χ0) is 14.5. The van der Waals surface area contributed by atoms with Gasteiger partial charge in [-0.05, 0) is 32.9 Å². The Morgan fingerprint density at radius 2 is 2.35 bits per heavy atom. The Morgan fingerprint density at radius 3 is 3.05 bits per heavy atom. The summed E-state index contributed by atoms with van der Waals surface area (Å²) in [6.45, 7) is 6.32. The lowest BCUT2D eigenvalue weighted by atomic mass is 10.0. The highest BCUT2D eigenvalue weighted by Gasteiger charge is 2.23. The Bertz CT molecular complexity index is 459. The van der Waals surface area contributed by atoms with E-state index < -0.39 is 0 Å². The Morgan fingerprint density at radius 1 is 1.55 bits per heavy atom. The molecule has 1 aromatic heterocycles. The summed E-state index contributed by atoms with van der Waals surface area (Å²) in [4.78, 5) is 14.5. The fourth-order valence-electron chi connectivity index (χ4n) is 2.76. The van der Waals surface area contributed by atoms with E-state index in [1.54, 1.807) is 6.92 Å². The van der Waals surface area contributed by atoms with Crippen molar-refractivity contribution >= 4 is 5.91 Å². The fourth-order valence-corrected chi connectivity index (χ4v) is 2.76. The zero-order valence-corrected chi connectivity index (χ0v) is 12.2. The van der Waals surface area contributed by atoms with Crippen LogP contribution in [0.25, 0.3) is 0 Å². The van der Waals surface area contributed by atoms with Gasteiger partial charge in [-0.15, -0.1) is 0 Å². The number of carbonyl (C=O) groups is 1. The van der Waals surface area contributed by atoms with Crippen LogP contribution in [0.15, 0.2) is 4.52 Å². The third-order valence-electron chi connectivity index (χ3n) is 4.01. The number of aliphatic hydroxyl groups excluding tert-OH is 1. The predicted octanol–water partition coefficient (Wildman–Crippen LogP) is 1.08. The van der Waals surface area contributed by atoms with Gasteiger partial charge in [-0.3, -0.25) is 9.69 Å². The van der Waals surface area contributed by atoms with Crippen molar-refractivity contribution in [2.45, 2.75) is 45.8 Å². The third kappa shape index (κ3) is 3.19.